The van der Waals surface area contributed by atoms with E-state index in [9.17, 15) is 47.9 Å². The van der Waals surface area contributed by atoms with E-state index < -0.39 is 114 Å². The fourth-order valence-corrected chi connectivity index (χ4v) is 6.70. The zero-order valence-corrected chi connectivity index (χ0v) is 38.2. The molecule has 14 N–H and O–H groups in total. The number of carbonyl (C=O) groups is 10. The molecule has 0 aliphatic heterocycles. The zero-order valence-electron chi connectivity index (χ0n) is 38.2. The van der Waals surface area contributed by atoms with Crippen LogP contribution in [-0.2, 0) is 60.8 Å². The molecular formula is C43H63N13O10. The van der Waals surface area contributed by atoms with Crippen LogP contribution >= 0.6 is 0 Å². The predicted octanol–water partition coefficient (Wildman–Crippen LogP) is -2.30. The number of imidazole rings is 1. The van der Waals surface area contributed by atoms with Gasteiger partial charge in [-0.05, 0) is 50.2 Å². The first kappa shape index (κ1) is 53.0. The monoisotopic (exact) mass is 921 g/mol. The third-order valence-electron chi connectivity index (χ3n) is 10.3. The summed E-state index contributed by atoms with van der Waals surface area (Å²) in [6.45, 7) is 10.3. The Morgan fingerprint density at radius 1 is 0.652 bits per heavy atom. The van der Waals surface area contributed by atoms with Gasteiger partial charge in [0, 0.05) is 55.2 Å². The van der Waals surface area contributed by atoms with Crippen molar-refractivity contribution in [1.29, 1.82) is 0 Å². The molecule has 0 aliphatic rings. The van der Waals surface area contributed by atoms with E-state index in [4.69, 9.17) is 11.5 Å². The van der Waals surface area contributed by atoms with Crippen LogP contribution in [0.2, 0.25) is 0 Å². The topological polar surface area (TPSA) is 363 Å². The van der Waals surface area contributed by atoms with Crippen LogP contribution in [0.15, 0.2) is 43.0 Å². The van der Waals surface area contributed by atoms with Gasteiger partial charge in [-0.25, -0.2) is 4.98 Å². The van der Waals surface area contributed by atoms with Crippen LogP contribution in [-0.4, -0.2) is 123 Å². The molecule has 0 bridgehead atoms. The number of nitrogens with zero attached hydrogens (tertiary/aromatic N) is 1. The fraction of sp³-hybridized carbons (Fsp3) is 0.512. The molecule has 0 saturated heterocycles. The van der Waals surface area contributed by atoms with Gasteiger partial charge in [0.1, 0.15) is 42.3 Å². The second kappa shape index (κ2) is 25.2. The number of aromatic nitrogens is 3. The van der Waals surface area contributed by atoms with E-state index in [0.29, 0.717) is 11.3 Å². The second-order valence-electron chi connectivity index (χ2n) is 16.8. The summed E-state index contributed by atoms with van der Waals surface area (Å²) >= 11 is 0. The van der Waals surface area contributed by atoms with Gasteiger partial charge in [-0.1, -0.05) is 45.9 Å². The van der Waals surface area contributed by atoms with Gasteiger partial charge in [-0.3, -0.25) is 47.9 Å². The molecule has 66 heavy (non-hydrogen) atoms. The third-order valence-corrected chi connectivity index (χ3v) is 10.3. The standard InChI is InChI=1S/C43H63N13O10/c1-21(2)14-31(40(63)50-23(5)37(45)60)54-42(65)33(16-27-18-46-20-49-27)53-35(59)19-48-43(66)36(22(3)4)56-38(61)24(6)51-41(64)32(15-26-17-47-29-11-9-8-10-28(26)29)55-39(62)30(52-25(7)57)12-13-34(44)58/h8-11,17-18,20-24,30-33,36,47H,12-16,19H2,1-7H3,(H2,44,58)(H2,45,60)(H,46,49)(H,48,66)(H,50,63)(H,51,64)(H,52,57)(H,53,59)(H,54,65)(H,55,62)(H,56,61)/t23-,24-,30-,31-,32-,33-,36-/m0/s1. The highest BCUT2D eigenvalue weighted by Crippen LogP contribution is 2.19. The van der Waals surface area contributed by atoms with Crippen molar-refractivity contribution < 1.29 is 47.9 Å². The van der Waals surface area contributed by atoms with Crippen LogP contribution in [0.25, 0.3) is 10.9 Å². The van der Waals surface area contributed by atoms with Crippen molar-refractivity contribution in [2.45, 2.75) is 123 Å². The van der Waals surface area contributed by atoms with Crippen molar-refractivity contribution in [3.8, 4) is 0 Å². The van der Waals surface area contributed by atoms with Crippen molar-refractivity contribution >= 4 is 70.0 Å². The van der Waals surface area contributed by atoms with E-state index in [-0.39, 0.29) is 38.0 Å². The molecule has 3 aromatic rings. The number of nitrogens with two attached hydrogens (primary N) is 2. The van der Waals surface area contributed by atoms with Gasteiger partial charge >= 0.3 is 0 Å². The van der Waals surface area contributed by atoms with Gasteiger partial charge in [0.05, 0.1) is 12.9 Å². The number of rotatable bonds is 26. The van der Waals surface area contributed by atoms with Crippen molar-refractivity contribution in [2.75, 3.05) is 6.54 Å². The zero-order chi connectivity index (χ0) is 49.2. The van der Waals surface area contributed by atoms with Crippen LogP contribution < -0.4 is 54.0 Å². The largest absolute Gasteiger partial charge is 0.370 e. The minimum Gasteiger partial charge on any atom is -0.370 e. The lowest BCUT2D eigenvalue weighted by Gasteiger charge is -2.26. The van der Waals surface area contributed by atoms with E-state index in [1.54, 1.807) is 26.1 Å². The molecule has 23 nitrogen and oxygen atoms in total. The van der Waals surface area contributed by atoms with Crippen LogP contribution in [0.4, 0.5) is 0 Å². The van der Waals surface area contributed by atoms with Crippen molar-refractivity contribution in [3.63, 3.8) is 0 Å². The molecular weight excluding hydrogens is 859 g/mol. The summed E-state index contributed by atoms with van der Waals surface area (Å²) in [4.78, 5) is 139. The lowest BCUT2D eigenvalue weighted by molar-refractivity contribution is -0.135. The molecule has 0 radical (unpaired) electrons. The maximum Gasteiger partial charge on any atom is 0.243 e. The summed E-state index contributed by atoms with van der Waals surface area (Å²) in [6, 6.07) is -1.07. The molecule has 2 aromatic heterocycles. The van der Waals surface area contributed by atoms with E-state index >= 15 is 0 Å². The lowest BCUT2D eigenvalue weighted by Crippen LogP contribution is -2.59. The summed E-state index contributed by atoms with van der Waals surface area (Å²) in [5.74, 6) is -7.89. The summed E-state index contributed by atoms with van der Waals surface area (Å²) in [5, 5.41) is 21.2. The summed E-state index contributed by atoms with van der Waals surface area (Å²) in [6.07, 6.45) is 4.19. The summed E-state index contributed by atoms with van der Waals surface area (Å²) in [5.41, 5.74) is 12.5. The Bertz CT molecular complexity index is 2210. The number of hydrogen-bond donors (Lipinski definition) is 12. The Morgan fingerprint density at radius 2 is 1.26 bits per heavy atom. The number of primary amides is 2. The summed E-state index contributed by atoms with van der Waals surface area (Å²) in [7, 11) is 0. The number of H-pyrrole nitrogens is 2. The van der Waals surface area contributed by atoms with Gasteiger partial charge in [-0.15, -0.1) is 0 Å². The Balaban J connectivity index is 1.71. The molecule has 360 valence electrons. The van der Waals surface area contributed by atoms with Crippen molar-refractivity contribution in [3.05, 3.63) is 54.2 Å². The molecule has 3 rings (SSSR count). The number of aromatic amines is 2. The Morgan fingerprint density at radius 3 is 1.86 bits per heavy atom. The van der Waals surface area contributed by atoms with E-state index in [2.05, 4.69) is 57.5 Å². The first-order valence-corrected chi connectivity index (χ1v) is 21.5. The highest BCUT2D eigenvalue weighted by atomic mass is 16.2. The maximum absolute atomic E-state index is 13.9. The number of carbonyl (C=O) groups excluding carboxylic acids is 10. The van der Waals surface area contributed by atoms with Crippen LogP contribution in [0.5, 0.6) is 0 Å². The van der Waals surface area contributed by atoms with Crippen molar-refractivity contribution in [1.82, 2.24) is 57.5 Å². The van der Waals surface area contributed by atoms with Crippen LogP contribution in [0, 0.1) is 11.8 Å². The molecule has 0 fully saturated rings. The quantitative estimate of drug-likeness (QED) is 0.0406. The summed E-state index contributed by atoms with van der Waals surface area (Å²) < 4.78 is 0. The lowest BCUT2D eigenvalue weighted by atomic mass is 10.0. The second-order valence-corrected chi connectivity index (χ2v) is 16.8. The molecule has 0 aliphatic carbocycles. The molecule has 10 amide bonds. The van der Waals surface area contributed by atoms with Gasteiger partial charge in [0.15, 0.2) is 0 Å². The highest BCUT2D eigenvalue weighted by molar-refractivity contribution is 5.98. The predicted molar refractivity (Wildman–Crippen MR) is 240 cm³/mol. The minimum absolute atomic E-state index is 0.0495. The number of para-hydroxylation sites is 1. The highest BCUT2D eigenvalue weighted by Gasteiger charge is 2.33. The molecule has 2 heterocycles. The fourth-order valence-electron chi connectivity index (χ4n) is 6.70. The number of fused-ring (bicyclic) bond motifs is 1. The van der Waals surface area contributed by atoms with E-state index in [0.717, 1.165) is 10.9 Å². The van der Waals surface area contributed by atoms with Gasteiger partial charge < -0.3 is 64.0 Å². The Hall–Kier alpha value is -7.33. The molecule has 1 aromatic carbocycles. The Labute approximate surface area is 381 Å². The first-order valence-electron chi connectivity index (χ1n) is 21.5. The minimum atomic E-state index is -1.29. The van der Waals surface area contributed by atoms with E-state index in [1.165, 1.54) is 33.3 Å². The molecule has 0 spiro atoms. The first-order chi connectivity index (χ1) is 31.1. The van der Waals surface area contributed by atoms with Gasteiger partial charge in [-0.2, -0.15) is 0 Å². The number of nitrogens with one attached hydrogen (secondary N) is 10. The SMILES string of the molecule is CC(=O)N[C@@H](CCC(N)=O)C(=O)N[C@@H](Cc1c[nH]c2ccccc12)C(=O)N[C@@H](C)C(=O)N[C@H](C(=O)NCC(=O)N[C@@H](Cc1cnc[nH]1)C(=O)N[C@@H](CC(C)C)C(=O)N[C@@H](C)C(N)=O)C(C)C. The average molecular weight is 922 g/mol. The molecule has 0 unspecified atom stereocenters. The van der Waals surface area contributed by atoms with Gasteiger partial charge in [0.2, 0.25) is 59.1 Å². The molecule has 23 heteroatoms. The normalized spacial score (nSPS) is 14.3. The van der Waals surface area contributed by atoms with E-state index in [1.807, 2.05) is 32.0 Å². The number of benzene rings is 1. The van der Waals surface area contributed by atoms with Crippen molar-refractivity contribution in [2.24, 2.45) is 23.3 Å². The van der Waals surface area contributed by atoms with Gasteiger partial charge in [0.25, 0.3) is 0 Å². The van der Waals surface area contributed by atoms with Crippen LogP contribution in [0.1, 0.15) is 79.0 Å². The number of hydrogen-bond acceptors (Lipinski definition) is 11. The molecule has 7 atom stereocenters. The smallest absolute Gasteiger partial charge is 0.243 e. The third kappa shape index (κ3) is 17.0. The average Bonchev–Trinajstić information content (AvgIpc) is 3.92. The maximum atomic E-state index is 13.9. The molecule has 0 saturated carbocycles. The number of amides is 10. The Kier molecular flexibility index (Phi) is 20.3. The van der Waals surface area contributed by atoms with Crippen LogP contribution in [0.3, 0.4) is 0 Å².